The number of hydrogen-bond acceptors (Lipinski definition) is 3. The van der Waals surface area contributed by atoms with Crippen molar-refractivity contribution in [2.45, 2.75) is 25.4 Å². The first-order valence-corrected chi connectivity index (χ1v) is 3.67. The molecule has 3 N–H and O–H groups in total. The first-order valence-electron chi connectivity index (χ1n) is 3.67. The molecule has 0 aliphatic carbocycles. The van der Waals surface area contributed by atoms with Gasteiger partial charge in [0.15, 0.2) is 0 Å². The van der Waals surface area contributed by atoms with Crippen LogP contribution in [0.5, 0.6) is 0 Å². The van der Waals surface area contributed by atoms with E-state index in [1.54, 1.807) is 0 Å². The molecule has 0 saturated carbocycles. The molecule has 78 valence electrons. The van der Waals surface area contributed by atoms with Crippen LogP contribution in [-0.4, -0.2) is 31.2 Å². The molecular formula is C7H14F2N2O2. The van der Waals surface area contributed by atoms with E-state index < -0.39 is 24.1 Å². The van der Waals surface area contributed by atoms with Crippen LogP contribution in [0.3, 0.4) is 0 Å². The minimum absolute atomic E-state index is 0.866. The van der Waals surface area contributed by atoms with Crippen molar-refractivity contribution in [2.75, 3.05) is 13.7 Å². The van der Waals surface area contributed by atoms with Gasteiger partial charge in [-0.3, -0.25) is 10.1 Å². The van der Waals surface area contributed by atoms with Crippen molar-refractivity contribution in [1.82, 2.24) is 5.32 Å². The zero-order chi connectivity index (χ0) is 10.7. The van der Waals surface area contributed by atoms with Crippen molar-refractivity contribution >= 4 is 5.91 Å². The molecule has 0 spiro atoms. The molecule has 0 radical (unpaired) electrons. The van der Waals surface area contributed by atoms with Crippen molar-refractivity contribution in [3.8, 4) is 0 Å². The van der Waals surface area contributed by atoms with Crippen LogP contribution < -0.4 is 11.1 Å². The lowest BCUT2D eigenvalue weighted by atomic mass is 10.1. The van der Waals surface area contributed by atoms with Crippen molar-refractivity contribution in [3.63, 3.8) is 0 Å². The average molecular weight is 196 g/mol. The van der Waals surface area contributed by atoms with Crippen LogP contribution in [0.15, 0.2) is 0 Å². The van der Waals surface area contributed by atoms with Crippen LogP contribution in [0.2, 0.25) is 0 Å². The molecule has 0 atom stereocenters. The summed E-state index contributed by atoms with van der Waals surface area (Å²) in [5, 5.41) is 1.47. The summed E-state index contributed by atoms with van der Waals surface area (Å²) in [6.45, 7) is 1.81. The summed E-state index contributed by atoms with van der Waals surface area (Å²) in [7, 11) is 1.12. The van der Waals surface area contributed by atoms with Crippen LogP contribution in [0.4, 0.5) is 8.78 Å². The molecule has 0 aliphatic rings. The van der Waals surface area contributed by atoms with Gasteiger partial charge >= 0.3 is 6.05 Å². The third-order valence-electron chi connectivity index (χ3n) is 1.21. The number of hydrogen-bond donors (Lipinski definition) is 2. The summed E-state index contributed by atoms with van der Waals surface area (Å²) in [4.78, 5) is 11.0. The smallest absolute Gasteiger partial charge is 0.348 e. The van der Waals surface area contributed by atoms with Crippen molar-refractivity contribution < 1.29 is 18.3 Å². The highest BCUT2D eigenvalue weighted by Crippen LogP contribution is 2.10. The summed E-state index contributed by atoms with van der Waals surface area (Å²) in [6, 6.07) is -3.37. The Hall–Kier alpha value is -0.750. The number of alkyl halides is 2. The number of halogens is 2. The summed E-state index contributed by atoms with van der Waals surface area (Å²) in [5.74, 6) is -0.922. The second-order valence-corrected chi connectivity index (χ2v) is 3.31. The number of carbonyl (C=O) groups excluding carboxylic acids is 1. The summed E-state index contributed by atoms with van der Waals surface area (Å²) in [5.41, 5.74) is 3.97. The van der Waals surface area contributed by atoms with Gasteiger partial charge in [0.05, 0.1) is 5.54 Å². The van der Waals surface area contributed by atoms with Crippen LogP contribution in [0, 0.1) is 0 Å². The molecule has 6 heteroatoms. The highest BCUT2D eigenvalue weighted by atomic mass is 19.3. The Morgan fingerprint density at radius 3 is 2.31 bits per heavy atom. The maximum atomic E-state index is 12.7. The number of amides is 1. The van der Waals surface area contributed by atoms with Crippen molar-refractivity contribution in [3.05, 3.63) is 0 Å². The minimum atomic E-state index is -3.37. The molecule has 0 aromatic rings. The fourth-order valence-electron chi connectivity index (χ4n) is 0.545. The average Bonchev–Trinajstić information content (AvgIpc) is 1.83. The van der Waals surface area contributed by atoms with Gasteiger partial charge in [-0.1, -0.05) is 0 Å². The summed E-state index contributed by atoms with van der Waals surface area (Å²) in [6.07, 6.45) is 0. The Bertz CT molecular complexity index is 189. The molecule has 0 saturated heterocycles. The molecule has 0 rings (SSSR count). The fourth-order valence-corrected chi connectivity index (χ4v) is 0.545. The molecule has 13 heavy (non-hydrogen) atoms. The second-order valence-electron chi connectivity index (χ2n) is 3.31. The molecule has 0 aliphatic heterocycles. The third kappa shape index (κ3) is 4.74. The summed E-state index contributed by atoms with van der Waals surface area (Å²) >= 11 is 0. The molecular weight excluding hydrogens is 182 g/mol. The number of methoxy groups -OCH3 is 1. The van der Waals surface area contributed by atoms with Gasteiger partial charge in [0.2, 0.25) is 5.91 Å². The highest BCUT2D eigenvalue weighted by molar-refractivity contribution is 5.85. The molecule has 0 heterocycles. The van der Waals surface area contributed by atoms with E-state index in [9.17, 15) is 13.6 Å². The zero-order valence-electron chi connectivity index (χ0n) is 7.86. The zero-order valence-corrected chi connectivity index (χ0v) is 7.86. The predicted molar refractivity (Wildman–Crippen MR) is 43.2 cm³/mol. The van der Waals surface area contributed by atoms with Gasteiger partial charge in [-0.15, -0.1) is 0 Å². The number of carbonyl (C=O) groups is 1. The Kier molecular flexibility index (Phi) is 3.74. The first-order chi connectivity index (χ1) is 5.69. The monoisotopic (exact) mass is 196 g/mol. The maximum Gasteiger partial charge on any atom is 0.348 e. The molecule has 0 aromatic carbocycles. The number of ether oxygens (including phenoxy) is 1. The fraction of sp³-hybridized carbons (Fsp3) is 0.857. The number of rotatable bonds is 4. The van der Waals surface area contributed by atoms with Crippen LogP contribution in [0.25, 0.3) is 0 Å². The molecule has 0 fully saturated rings. The minimum Gasteiger partial charge on any atom is -0.376 e. The van der Waals surface area contributed by atoms with E-state index in [2.05, 4.69) is 4.74 Å². The van der Waals surface area contributed by atoms with Crippen molar-refractivity contribution in [2.24, 2.45) is 5.73 Å². The lowest BCUT2D eigenvalue weighted by Crippen LogP contribution is -2.56. The molecule has 4 nitrogen and oxygen atoms in total. The van der Waals surface area contributed by atoms with E-state index in [0.29, 0.717) is 0 Å². The standard InChI is InChI=1S/C7H14F2N2O2/c1-6(2,10)5(12)11-7(8,9)4-13-3/h4,10H2,1-3H3,(H,11,12). The Morgan fingerprint density at radius 1 is 1.54 bits per heavy atom. The quantitative estimate of drug-likeness (QED) is 0.626. The van der Waals surface area contributed by atoms with E-state index in [1.165, 1.54) is 19.2 Å². The Balaban J connectivity index is 4.20. The van der Waals surface area contributed by atoms with Crippen LogP contribution in [-0.2, 0) is 9.53 Å². The Labute approximate surface area is 75.4 Å². The van der Waals surface area contributed by atoms with Gasteiger partial charge in [0.1, 0.15) is 6.61 Å². The van der Waals surface area contributed by atoms with Crippen LogP contribution >= 0.6 is 0 Å². The van der Waals surface area contributed by atoms with Gasteiger partial charge in [-0.05, 0) is 13.8 Å². The van der Waals surface area contributed by atoms with Gasteiger partial charge in [-0.2, -0.15) is 8.78 Å². The third-order valence-corrected chi connectivity index (χ3v) is 1.21. The van der Waals surface area contributed by atoms with Crippen LogP contribution in [0.1, 0.15) is 13.8 Å². The highest BCUT2D eigenvalue weighted by Gasteiger charge is 2.35. The van der Waals surface area contributed by atoms with E-state index in [1.807, 2.05) is 0 Å². The van der Waals surface area contributed by atoms with Gasteiger partial charge in [-0.25, -0.2) is 0 Å². The normalized spacial score (nSPS) is 12.8. The predicted octanol–water partition coefficient (Wildman–Crippen LogP) is 0.0791. The van der Waals surface area contributed by atoms with Gasteiger partial charge in [0, 0.05) is 7.11 Å². The largest absolute Gasteiger partial charge is 0.376 e. The van der Waals surface area contributed by atoms with Gasteiger partial charge in [0.25, 0.3) is 0 Å². The molecule has 0 bridgehead atoms. The number of nitrogens with two attached hydrogens (primary N) is 1. The first kappa shape index (κ1) is 12.2. The molecule has 0 unspecified atom stereocenters. The van der Waals surface area contributed by atoms with E-state index in [4.69, 9.17) is 5.73 Å². The SMILES string of the molecule is COCC(F)(F)NC(=O)C(C)(C)N. The topological polar surface area (TPSA) is 64.3 Å². The molecule has 0 aromatic heterocycles. The lowest BCUT2D eigenvalue weighted by molar-refractivity contribution is -0.143. The van der Waals surface area contributed by atoms with E-state index in [0.717, 1.165) is 7.11 Å². The van der Waals surface area contributed by atoms with Crippen molar-refractivity contribution in [1.29, 1.82) is 0 Å². The van der Waals surface area contributed by atoms with Gasteiger partial charge < -0.3 is 10.5 Å². The maximum absolute atomic E-state index is 12.7. The van der Waals surface area contributed by atoms with E-state index in [-0.39, 0.29) is 0 Å². The van der Waals surface area contributed by atoms with E-state index >= 15 is 0 Å². The summed E-state index contributed by atoms with van der Waals surface area (Å²) < 4.78 is 29.6. The number of nitrogens with one attached hydrogen (secondary N) is 1. The lowest BCUT2D eigenvalue weighted by Gasteiger charge is -2.23. The second kappa shape index (κ2) is 3.97. The Morgan fingerprint density at radius 2 is 2.00 bits per heavy atom. The molecule has 1 amide bonds.